The van der Waals surface area contributed by atoms with Gasteiger partial charge in [-0.1, -0.05) is 6.92 Å². The first-order chi connectivity index (χ1) is 14.7. The van der Waals surface area contributed by atoms with Crippen LogP contribution < -0.4 is 4.90 Å². The predicted molar refractivity (Wildman–Crippen MR) is 114 cm³/mol. The topological polar surface area (TPSA) is 92.9 Å². The molecule has 4 aromatic rings. The first-order valence-corrected chi connectivity index (χ1v) is 10.7. The van der Waals surface area contributed by atoms with Crippen LogP contribution in [0.15, 0.2) is 43.0 Å². The average Bonchev–Trinajstić information content (AvgIpc) is 3.48. The Labute approximate surface area is 177 Å². The molecule has 3 aromatic heterocycles. The number of amides is 1. The summed E-state index contributed by atoms with van der Waals surface area (Å²) in [5.74, 6) is 1.00. The number of aromatic nitrogens is 6. The minimum Gasteiger partial charge on any atom is -0.352 e. The number of carbonyl (C=O) groups is 1. The molecule has 0 bridgehead atoms. The standard InChI is InChI=1S/C20H20N8OS/c1-2-16-11-17-18(21-12-22-19(17)30-16)26-7-9-27(10-8-26)20(29)14-3-5-15(6-4-14)28-13-23-24-25-28/h3-6,11-13H,2,7-10H2,1H3. The monoisotopic (exact) mass is 420 g/mol. The van der Waals surface area contributed by atoms with Gasteiger partial charge in [-0.05, 0) is 47.2 Å². The van der Waals surface area contributed by atoms with Crippen molar-refractivity contribution in [3.05, 3.63) is 53.4 Å². The molecule has 0 aliphatic carbocycles. The molecule has 5 rings (SSSR count). The van der Waals surface area contributed by atoms with Crippen molar-refractivity contribution in [2.45, 2.75) is 13.3 Å². The minimum atomic E-state index is 0.0366. The molecule has 0 N–H and O–H groups in total. The zero-order valence-corrected chi connectivity index (χ0v) is 17.3. The smallest absolute Gasteiger partial charge is 0.253 e. The number of nitrogens with zero attached hydrogens (tertiary/aromatic N) is 8. The number of piperazine rings is 1. The van der Waals surface area contributed by atoms with Crippen LogP contribution in [0.5, 0.6) is 0 Å². The van der Waals surface area contributed by atoms with Crippen LogP contribution in [0.4, 0.5) is 5.82 Å². The third-order valence-electron chi connectivity index (χ3n) is 5.30. The fourth-order valence-corrected chi connectivity index (χ4v) is 4.59. The van der Waals surface area contributed by atoms with Crippen LogP contribution in [-0.4, -0.2) is 67.2 Å². The molecule has 0 unspecified atom stereocenters. The molecule has 1 aliphatic rings. The molecule has 1 saturated heterocycles. The number of thiophene rings is 1. The van der Waals surface area contributed by atoms with Gasteiger partial charge in [0.15, 0.2) is 0 Å². The largest absolute Gasteiger partial charge is 0.352 e. The zero-order valence-electron chi connectivity index (χ0n) is 16.5. The van der Waals surface area contributed by atoms with E-state index in [1.54, 1.807) is 22.3 Å². The van der Waals surface area contributed by atoms with Crippen LogP contribution >= 0.6 is 11.3 Å². The first-order valence-electron chi connectivity index (χ1n) is 9.84. The number of hydrogen-bond donors (Lipinski definition) is 0. The Morgan fingerprint density at radius 1 is 1.10 bits per heavy atom. The summed E-state index contributed by atoms with van der Waals surface area (Å²) in [6.45, 7) is 4.96. The van der Waals surface area contributed by atoms with E-state index in [4.69, 9.17) is 0 Å². The zero-order chi connectivity index (χ0) is 20.5. The molecular weight excluding hydrogens is 400 g/mol. The summed E-state index contributed by atoms with van der Waals surface area (Å²) in [5, 5.41) is 12.2. The predicted octanol–water partition coefficient (Wildman–Crippen LogP) is 2.19. The lowest BCUT2D eigenvalue weighted by Crippen LogP contribution is -2.49. The van der Waals surface area contributed by atoms with Gasteiger partial charge in [-0.3, -0.25) is 4.79 Å². The molecular formula is C20H20N8OS. The van der Waals surface area contributed by atoms with E-state index in [1.165, 1.54) is 11.2 Å². The summed E-state index contributed by atoms with van der Waals surface area (Å²) in [7, 11) is 0. The van der Waals surface area contributed by atoms with E-state index < -0.39 is 0 Å². The number of benzene rings is 1. The van der Waals surface area contributed by atoms with Crippen LogP contribution in [0.25, 0.3) is 15.9 Å². The normalized spacial score (nSPS) is 14.4. The Morgan fingerprint density at radius 3 is 2.60 bits per heavy atom. The summed E-state index contributed by atoms with van der Waals surface area (Å²) in [5.41, 5.74) is 1.48. The van der Waals surface area contributed by atoms with E-state index >= 15 is 0 Å². The van der Waals surface area contributed by atoms with Gasteiger partial charge in [-0.2, -0.15) is 0 Å². The van der Waals surface area contributed by atoms with Crippen molar-refractivity contribution in [3.8, 4) is 5.69 Å². The molecule has 152 valence electrons. The Kier molecular flexibility index (Phi) is 4.83. The summed E-state index contributed by atoms with van der Waals surface area (Å²) in [6, 6.07) is 9.52. The molecule has 0 saturated carbocycles. The van der Waals surface area contributed by atoms with E-state index in [0.29, 0.717) is 18.7 Å². The number of aryl methyl sites for hydroxylation is 1. The van der Waals surface area contributed by atoms with E-state index in [2.05, 4.69) is 43.4 Å². The molecule has 4 heterocycles. The summed E-state index contributed by atoms with van der Waals surface area (Å²) >= 11 is 1.72. The van der Waals surface area contributed by atoms with Crippen LogP contribution in [-0.2, 0) is 6.42 Å². The maximum atomic E-state index is 12.9. The highest BCUT2D eigenvalue weighted by molar-refractivity contribution is 7.18. The highest BCUT2D eigenvalue weighted by atomic mass is 32.1. The quantitative estimate of drug-likeness (QED) is 0.500. The fourth-order valence-electron chi connectivity index (χ4n) is 3.66. The first kappa shape index (κ1) is 18.6. The van der Waals surface area contributed by atoms with E-state index in [-0.39, 0.29) is 5.91 Å². The van der Waals surface area contributed by atoms with Crippen molar-refractivity contribution < 1.29 is 4.79 Å². The summed E-state index contributed by atoms with van der Waals surface area (Å²) < 4.78 is 1.56. The maximum absolute atomic E-state index is 12.9. The lowest BCUT2D eigenvalue weighted by molar-refractivity contribution is 0.0746. The van der Waals surface area contributed by atoms with Gasteiger partial charge in [0.2, 0.25) is 0 Å². The van der Waals surface area contributed by atoms with Crippen molar-refractivity contribution in [2.75, 3.05) is 31.1 Å². The number of tetrazole rings is 1. The number of hydrogen-bond acceptors (Lipinski definition) is 8. The van der Waals surface area contributed by atoms with Gasteiger partial charge in [0.1, 0.15) is 23.3 Å². The second-order valence-electron chi connectivity index (χ2n) is 7.06. The molecule has 0 spiro atoms. The van der Waals surface area contributed by atoms with Crippen LogP contribution in [0, 0.1) is 0 Å². The van der Waals surface area contributed by atoms with Gasteiger partial charge in [-0.15, -0.1) is 16.4 Å². The molecule has 1 aromatic carbocycles. The van der Waals surface area contributed by atoms with Crippen molar-refractivity contribution in [3.63, 3.8) is 0 Å². The molecule has 0 atom stereocenters. The van der Waals surface area contributed by atoms with Gasteiger partial charge < -0.3 is 9.80 Å². The number of carbonyl (C=O) groups excluding carboxylic acids is 1. The van der Waals surface area contributed by atoms with Gasteiger partial charge in [0.05, 0.1) is 11.1 Å². The maximum Gasteiger partial charge on any atom is 0.253 e. The average molecular weight is 421 g/mol. The molecule has 1 aliphatic heterocycles. The van der Waals surface area contributed by atoms with E-state index in [1.807, 2.05) is 29.2 Å². The van der Waals surface area contributed by atoms with E-state index in [9.17, 15) is 4.79 Å². The Balaban J connectivity index is 1.28. The second kappa shape index (κ2) is 7.79. The van der Waals surface area contributed by atoms with E-state index in [0.717, 1.165) is 41.2 Å². The van der Waals surface area contributed by atoms with Crippen molar-refractivity contribution >= 4 is 33.3 Å². The summed E-state index contributed by atoms with van der Waals surface area (Å²) in [6.07, 6.45) is 4.16. The molecule has 30 heavy (non-hydrogen) atoms. The third kappa shape index (κ3) is 3.39. The molecule has 10 heteroatoms. The number of rotatable bonds is 4. The van der Waals surface area contributed by atoms with Gasteiger partial charge in [0, 0.05) is 36.6 Å². The van der Waals surface area contributed by atoms with Gasteiger partial charge >= 0.3 is 0 Å². The molecule has 9 nitrogen and oxygen atoms in total. The fraction of sp³-hybridized carbons (Fsp3) is 0.300. The lowest BCUT2D eigenvalue weighted by atomic mass is 10.1. The highest BCUT2D eigenvalue weighted by Gasteiger charge is 2.24. The Morgan fingerprint density at radius 2 is 1.90 bits per heavy atom. The van der Waals surface area contributed by atoms with Crippen LogP contribution in [0.1, 0.15) is 22.2 Å². The van der Waals surface area contributed by atoms with Crippen LogP contribution in [0.2, 0.25) is 0 Å². The molecule has 1 fully saturated rings. The molecule has 0 radical (unpaired) electrons. The highest BCUT2D eigenvalue weighted by Crippen LogP contribution is 2.31. The number of anilines is 1. The SMILES string of the molecule is CCc1cc2c(N3CCN(C(=O)c4ccc(-n5cnnn5)cc4)CC3)ncnc2s1. The Bertz CT molecular complexity index is 1160. The number of fused-ring (bicyclic) bond motifs is 1. The summed E-state index contributed by atoms with van der Waals surface area (Å²) in [4.78, 5) is 28.4. The van der Waals surface area contributed by atoms with Gasteiger partial charge in [-0.25, -0.2) is 14.6 Å². The third-order valence-corrected chi connectivity index (χ3v) is 6.49. The minimum absolute atomic E-state index is 0.0366. The molecule has 1 amide bonds. The van der Waals surface area contributed by atoms with Crippen molar-refractivity contribution in [1.82, 2.24) is 35.1 Å². The van der Waals surface area contributed by atoms with Crippen molar-refractivity contribution in [1.29, 1.82) is 0 Å². The lowest BCUT2D eigenvalue weighted by Gasteiger charge is -2.35. The Hall–Kier alpha value is -3.40. The van der Waals surface area contributed by atoms with Crippen LogP contribution in [0.3, 0.4) is 0 Å². The van der Waals surface area contributed by atoms with Crippen molar-refractivity contribution in [2.24, 2.45) is 0 Å². The van der Waals surface area contributed by atoms with Gasteiger partial charge in [0.25, 0.3) is 5.91 Å². The second-order valence-corrected chi connectivity index (χ2v) is 8.18.